The van der Waals surface area contributed by atoms with Crippen LogP contribution in [0.1, 0.15) is 58.8 Å². The lowest BCUT2D eigenvalue weighted by molar-refractivity contribution is 0.117. The summed E-state index contributed by atoms with van der Waals surface area (Å²) in [6.07, 6.45) is 9.99. The van der Waals surface area contributed by atoms with E-state index in [2.05, 4.69) is 38.2 Å². The summed E-state index contributed by atoms with van der Waals surface area (Å²) in [4.78, 5) is 2.67. The summed E-state index contributed by atoms with van der Waals surface area (Å²) in [5.41, 5.74) is 0. The Labute approximate surface area is 120 Å². The monoisotopic (exact) mass is 266 g/mol. The Morgan fingerprint density at radius 1 is 1.11 bits per heavy atom. The average molecular weight is 266 g/mol. The van der Waals surface area contributed by atoms with Gasteiger partial charge in [0.05, 0.1) is 0 Å². The molecule has 3 unspecified atom stereocenters. The van der Waals surface area contributed by atoms with Gasteiger partial charge in [0.1, 0.15) is 0 Å². The van der Waals surface area contributed by atoms with Crippen LogP contribution in [0.2, 0.25) is 0 Å². The molecule has 2 saturated carbocycles. The van der Waals surface area contributed by atoms with Gasteiger partial charge in [-0.2, -0.15) is 0 Å². The molecule has 2 heteroatoms. The van der Waals surface area contributed by atoms with Crippen LogP contribution >= 0.6 is 0 Å². The summed E-state index contributed by atoms with van der Waals surface area (Å²) >= 11 is 0. The smallest absolute Gasteiger partial charge is 0.0105 e. The molecule has 0 aliphatic heterocycles. The van der Waals surface area contributed by atoms with E-state index in [9.17, 15) is 0 Å². The lowest BCUT2D eigenvalue weighted by Gasteiger charge is -2.40. The van der Waals surface area contributed by atoms with Gasteiger partial charge in [0, 0.05) is 18.6 Å². The topological polar surface area (TPSA) is 15.3 Å². The van der Waals surface area contributed by atoms with Crippen molar-refractivity contribution in [2.75, 3.05) is 20.6 Å². The van der Waals surface area contributed by atoms with Gasteiger partial charge in [-0.05, 0) is 64.0 Å². The Morgan fingerprint density at radius 3 is 2.37 bits per heavy atom. The molecule has 0 bridgehead atoms. The molecule has 2 rings (SSSR count). The zero-order chi connectivity index (χ0) is 13.8. The predicted molar refractivity (Wildman–Crippen MR) is 83.4 cm³/mol. The maximum absolute atomic E-state index is 3.58. The van der Waals surface area contributed by atoms with Crippen LogP contribution in [0.25, 0.3) is 0 Å². The van der Waals surface area contributed by atoms with Crippen LogP contribution < -0.4 is 5.32 Å². The molecular weight excluding hydrogens is 232 g/mol. The third-order valence-corrected chi connectivity index (χ3v) is 5.81. The second kappa shape index (κ2) is 7.08. The van der Waals surface area contributed by atoms with Crippen molar-refractivity contribution < 1.29 is 0 Å². The van der Waals surface area contributed by atoms with E-state index in [1.807, 2.05) is 0 Å². The standard InChI is InChI=1S/C17H34N2/c1-13(2)14-9-10-17(18-3)15(11-14)12-19(4)16-7-5-6-8-16/h13-18H,5-12H2,1-4H3. The molecule has 0 saturated heterocycles. The highest BCUT2D eigenvalue weighted by Crippen LogP contribution is 2.35. The first-order valence-electron chi connectivity index (χ1n) is 8.49. The zero-order valence-corrected chi connectivity index (χ0v) is 13.5. The molecule has 1 N–H and O–H groups in total. The minimum absolute atomic E-state index is 0.749. The first-order chi connectivity index (χ1) is 9.11. The van der Waals surface area contributed by atoms with Crippen LogP contribution in [0.4, 0.5) is 0 Å². The summed E-state index contributed by atoms with van der Waals surface area (Å²) < 4.78 is 0. The van der Waals surface area contributed by atoms with Gasteiger partial charge in [-0.25, -0.2) is 0 Å². The third-order valence-electron chi connectivity index (χ3n) is 5.81. The highest BCUT2D eigenvalue weighted by molar-refractivity contribution is 4.88. The number of hydrogen-bond donors (Lipinski definition) is 1. The molecule has 3 atom stereocenters. The minimum Gasteiger partial charge on any atom is -0.317 e. The second-order valence-electron chi connectivity index (χ2n) is 7.35. The summed E-state index contributed by atoms with van der Waals surface area (Å²) in [6, 6.07) is 1.62. The lowest BCUT2D eigenvalue weighted by Crippen LogP contribution is -2.46. The first kappa shape index (κ1) is 15.3. The van der Waals surface area contributed by atoms with Crippen molar-refractivity contribution in [1.82, 2.24) is 10.2 Å². The largest absolute Gasteiger partial charge is 0.317 e. The summed E-state index contributed by atoms with van der Waals surface area (Å²) in [5.74, 6) is 2.67. The van der Waals surface area contributed by atoms with Crippen molar-refractivity contribution in [2.24, 2.45) is 17.8 Å². The van der Waals surface area contributed by atoms with E-state index in [0.717, 1.165) is 29.8 Å². The third kappa shape index (κ3) is 3.95. The summed E-state index contributed by atoms with van der Waals surface area (Å²) in [5, 5.41) is 3.58. The number of nitrogens with one attached hydrogen (secondary N) is 1. The van der Waals surface area contributed by atoms with Gasteiger partial charge in [0.25, 0.3) is 0 Å². The van der Waals surface area contributed by atoms with Crippen molar-refractivity contribution >= 4 is 0 Å². The molecule has 0 radical (unpaired) electrons. The normalized spacial score (nSPS) is 33.5. The molecule has 0 heterocycles. The van der Waals surface area contributed by atoms with Crippen LogP contribution in [0.5, 0.6) is 0 Å². The zero-order valence-electron chi connectivity index (χ0n) is 13.5. The molecule has 0 amide bonds. The number of nitrogens with zero attached hydrogens (tertiary/aromatic N) is 1. The Balaban J connectivity index is 1.90. The van der Waals surface area contributed by atoms with Gasteiger partial charge in [0.15, 0.2) is 0 Å². The van der Waals surface area contributed by atoms with E-state index < -0.39 is 0 Å². The summed E-state index contributed by atoms with van der Waals surface area (Å²) in [7, 11) is 4.52. The van der Waals surface area contributed by atoms with Crippen LogP contribution in [-0.2, 0) is 0 Å². The Bertz CT molecular complexity index is 258. The highest BCUT2D eigenvalue weighted by Gasteiger charge is 2.32. The van der Waals surface area contributed by atoms with E-state index in [4.69, 9.17) is 0 Å². The van der Waals surface area contributed by atoms with Crippen molar-refractivity contribution in [1.29, 1.82) is 0 Å². The Hall–Kier alpha value is -0.0800. The SMILES string of the molecule is CNC1CCC(C(C)C)CC1CN(C)C1CCCC1. The van der Waals surface area contributed by atoms with Gasteiger partial charge in [-0.1, -0.05) is 26.7 Å². The molecule has 112 valence electrons. The molecule has 0 spiro atoms. The number of hydrogen-bond acceptors (Lipinski definition) is 2. The summed E-state index contributed by atoms with van der Waals surface area (Å²) in [6.45, 7) is 6.11. The van der Waals surface area contributed by atoms with Gasteiger partial charge >= 0.3 is 0 Å². The molecule has 2 fully saturated rings. The quantitative estimate of drug-likeness (QED) is 0.819. The van der Waals surface area contributed by atoms with Gasteiger partial charge in [0.2, 0.25) is 0 Å². The van der Waals surface area contributed by atoms with Gasteiger partial charge < -0.3 is 10.2 Å². The highest BCUT2D eigenvalue weighted by atomic mass is 15.1. The van der Waals surface area contributed by atoms with E-state index in [1.54, 1.807) is 0 Å². The lowest BCUT2D eigenvalue weighted by atomic mass is 9.73. The van der Waals surface area contributed by atoms with Gasteiger partial charge in [-0.3, -0.25) is 0 Å². The van der Waals surface area contributed by atoms with E-state index in [0.29, 0.717) is 0 Å². The van der Waals surface area contributed by atoms with Gasteiger partial charge in [-0.15, -0.1) is 0 Å². The second-order valence-corrected chi connectivity index (χ2v) is 7.35. The molecule has 2 nitrogen and oxygen atoms in total. The maximum Gasteiger partial charge on any atom is 0.0105 e. The van der Waals surface area contributed by atoms with Crippen molar-refractivity contribution in [3.63, 3.8) is 0 Å². The molecule has 0 aromatic rings. The van der Waals surface area contributed by atoms with Crippen molar-refractivity contribution in [3.8, 4) is 0 Å². The fourth-order valence-electron chi connectivity index (χ4n) is 4.35. The van der Waals surface area contributed by atoms with Crippen LogP contribution in [0.3, 0.4) is 0 Å². The van der Waals surface area contributed by atoms with E-state index >= 15 is 0 Å². The Kier molecular flexibility index (Phi) is 5.70. The van der Waals surface area contributed by atoms with E-state index in [-0.39, 0.29) is 0 Å². The first-order valence-corrected chi connectivity index (χ1v) is 8.49. The van der Waals surface area contributed by atoms with Crippen molar-refractivity contribution in [2.45, 2.75) is 70.9 Å². The van der Waals surface area contributed by atoms with Crippen LogP contribution in [-0.4, -0.2) is 37.6 Å². The molecule has 0 aromatic heterocycles. The molecule has 2 aliphatic carbocycles. The van der Waals surface area contributed by atoms with E-state index in [1.165, 1.54) is 51.5 Å². The molecule has 19 heavy (non-hydrogen) atoms. The minimum atomic E-state index is 0.749. The van der Waals surface area contributed by atoms with Crippen molar-refractivity contribution in [3.05, 3.63) is 0 Å². The molecular formula is C17H34N2. The predicted octanol–water partition coefficient (Wildman–Crippen LogP) is 3.52. The maximum atomic E-state index is 3.58. The Morgan fingerprint density at radius 2 is 1.79 bits per heavy atom. The molecule has 0 aromatic carbocycles. The van der Waals surface area contributed by atoms with Crippen LogP contribution in [0, 0.1) is 17.8 Å². The number of rotatable bonds is 5. The average Bonchev–Trinajstić information content (AvgIpc) is 2.92. The van der Waals surface area contributed by atoms with Crippen LogP contribution in [0.15, 0.2) is 0 Å². The fourth-order valence-corrected chi connectivity index (χ4v) is 4.35. The fraction of sp³-hybridized carbons (Fsp3) is 1.00. The molecule has 2 aliphatic rings.